The molecule has 690 valence electrons. The molecular weight excluding hydrogens is 1730 g/mol. The van der Waals surface area contributed by atoms with E-state index in [4.69, 9.17) is 39.7 Å². The van der Waals surface area contributed by atoms with E-state index in [-0.39, 0.29) is 187 Å². The van der Waals surface area contributed by atoms with Crippen molar-refractivity contribution in [3.63, 3.8) is 0 Å². The summed E-state index contributed by atoms with van der Waals surface area (Å²) in [5.74, 6) is -1.39. The first-order valence-corrected chi connectivity index (χ1v) is 42.8. The van der Waals surface area contributed by atoms with Crippen molar-refractivity contribution in [2.24, 2.45) is 21.7 Å². The van der Waals surface area contributed by atoms with Crippen molar-refractivity contribution in [1.29, 1.82) is 0 Å². The average molecular weight is 1850 g/mol. The van der Waals surface area contributed by atoms with E-state index in [1.54, 1.807) is 55.8 Å². The quantitative estimate of drug-likeness (QED) is 0.0187. The van der Waals surface area contributed by atoms with Gasteiger partial charge in [0.05, 0.1) is 81.8 Å². The van der Waals surface area contributed by atoms with Crippen LogP contribution in [0.3, 0.4) is 0 Å². The van der Waals surface area contributed by atoms with E-state index < -0.39 is 32.8 Å². The summed E-state index contributed by atoms with van der Waals surface area (Å²) >= 11 is 0. The van der Waals surface area contributed by atoms with Gasteiger partial charge in [0.25, 0.3) is 12.0 Å². The zero-order valence-corrected chi connectivity index (χ0v) is 83.4. The predicted octanol–water partition coefficient (Wildman–Crippen LogP) is 4.31. The van der Waals surface area contributed by atoms with Crippen LogP contribution in [-0.2, 0) is 33.4 Å². The number of amides is 3. The zero-order valence-electron chi connectivity index (χ0n) is 78.2. The molecule has 4 N–H and O–H groups in total. The van der Waals surface area contributed by atoms with E-state index in [0.717, 1.165) is 200 Å². The standard InChI is InChI=1S/C23H25N7O.C17H24N4O4.C17H26N4O2.C13H15N3O3.C12H22N2O2.C5H3FN2O2.CH2O3.2K.H/c1-15-11-30-20(16(2)25-15)9-19(27-30)18-10-22(31)29-12-17(3-4-21(29)26-18)28-7-5-23(6-8-28)13-24-14-23;1-16(2,3)25-15(22)20-11-17(12-20)6-8-19(9-7-17)13-4-5-14(18-10-13)21(23)24;1-16(2,3)23-15(22)21-11-17(12-21)6-8-20(9-7-17)13-4-5-14(18)19-10-13;1-4-19-13(18)6-12(17)10-5-11-9(3)14-8(2)7-16(11)15-10;1-11(2,3)16-10(15)14-8-12(9-14)4-6-13-7-5-12;6-4-1-2-5(7-3-4)8(9)10;2-1-4-3;;;/h3-4,9-12,24H,5-8,13-14H2,1-2H3;4-5,10H,6-9,11-12H2,1-3H3;4-5,10H,6-9,11-12H2,1-3H3,(H2,18,19);5,7H,4,6H2,1-3H3;13H,4-9H2,1-3H3;1-3H;1,3H;;;/q;;;;;;;2*+1;-1/p-1. The fraction of sp³-hybridized carbons (Fsp3) is 0.534. The molecule has 39 nitrogen and oxygen atoms in total. The van der Waals surface area contributed by atoms with Gasteiger partial charge in [0.15, 0.2) is 24.0 Å². The number of likely N-dealkylation sites (tertiary alicyclic amines) is 3. The van der Waals surface area contributed by atoms with Crippen molar-refractivity contribution >= 4 is 87.7 Å². The molecule has 3 amide bonds. The van der Waals surface area contributed by atoms with Crippen LogP contribution in [0.1, 0.15) is 162 Å². The largest absolute Gasteiger partial charge is 1.00 e. The van der Waals surface area contributed by atoms with Gasteiger partial charge in [-0.05, 0) is 235 Å². The molecule has 0 aromatic carbocycles. The molecule has 0 radical (unpaired) electrons. The van der Waals surface area contributed by atoms with Crippen LogP contribution in [0.4, 0.5) is 53.3 Å². The Labute approximate surface area is 839 Å². The number of pyridine rings is 4. The van der Waals surface area contributed by atoms with E-state index in [9.17, 15) is 53.4 Å². The number of nitro groups is 2. The molecule has 4 spiro atoms. The maximum absolute atomic E-state index is 13.0. The van der Waals surface area contributed by atoms with Gasteiger partial charge in [0.2, 0.25) is 0 Å². The van der Waals surface area contributed by atoms with Crippen molar-refractivity contribution in [2.45, 2.75) is 172 Å². The summed E-state index contributed by atoms with van der Waals surface area (Å²) in [6, 6.07) is 18.2. The summed E-state index contributed by atoms with van der Waals surface area (Å²) in [7, 11) is 0. The SMILES string of the molecule is CC(C)(C)OC(=O)N1CC2(CCN(c3ccc(N)nc3)CC2)C1.CC(C)(C)OC(=O)N1CC2(CCN(c3ccc([N+](=O)[O-])nc3)CC2)C1.CC(C)(C)OC(=O)N1CC2(CCNCC2)C1.CCOC(=O)CC(=O)c1cc2c(C)nc(C)cn2n1.Cc1cn2nc(-c3cc(=O)n4cc(N5CCC6(CC5)CNC6)ccc4n3)cc2c(C)n1.O=CO[O-].O=[N+]([O-])c1ccc(F)cn1.[H-].[K+].[K+]. The number of nitrogens with zero attached hydrogens (tertiary/aromatic N) is 19. The molecule has 9 aromatic heterocycles. The Morgan fingerprint density at radius 1 is 0.546 bits per heavy atom. The van der Waals surface area contributed by atoms with Gasteiger partial charge in [0, 0.05) is 132 Å². The smallest absolute Gasteiger partial charge is 1.00 e. The van der Waals surface area contributed by atoms with Crippen molar-refractivity contribution in [1.82, 2.24) is 78.9 Å². The van der Waals surface area contributed by atoms with E-state index in [1.807, 2.05) is 143 Å². The molecule has 0 saturated carbocycles. The summed E-state index contributed by atoms with van der Waals surface area (Å²) in [4.78, 5) is 140. The Morgan fingerprint density at radius 2 is 0.969 bits per heavy atom. The minimum absolute atomic E-state index is 0. The van der Waals surface area contributed by atoms with Crippen molar-refractivity contribution in [3.8, 4) is 11.4 Å². The second-order valence-corrected chi connectivity index (χ2v) is 36.8. The topological polar surface area (TPSA) is 461 Å². The van der Waals surface area contributed by atoms with Gasteiger partial charge in [0.1, 0.15) is 46.1 Å². The van der Waals surface area contributed by atoms with Gasteiger partial charge in [-0.25, -0.2) is 37.8 Å². The third-order valence-corrected chi connectivity index (χ3v) is 23.3. The molecule has 0 atom stereocenters. The summed E-state index contributed by atoms with van der Waals surface area (Å²) < 4.78 is 38.1. The number of esters is 1. The van der Waals surface area contributed by atoms with Gasteiger partial charge in [-0.15, -0.1) is 0 Å². The number of ether oxygens (including phenoxy) is 4. The number of aryl methyl sites for hydroxylation is 4. The summed E-state index contributed by atoms with van der Waals surface area (Å²) in [5, 5.41) is 44.6. The summed E-state index contributed by atoms with van der Waals surface area (Å²) in [6.45, 7) is 41.5. The number of ketones is 1. The fourth-order valence-corrected chi connectivity index (χ4v) is 16.5. The third kappa shape index (κ3) is 28.3. The number of carbonyl (C=O) groups excluding carboxylic acids is 6. The number of halogens is 1. The van der Waals surface area contributed by atoms with Crippen LogP contribution in [-0.4, -0.2) is 243 Å². The summed E-state index contributed by atoms with van der Waals surface area (Å²) in [5.41, 5.74) is 16.0. The number of fused-ring (bicyclic) bond motifs is 3. The molecule has 8 fully saturated rings. The minimum atomic E-state index is -0.681. The molecule has 8 saturated heterocycles. The Balaban J connectivity index is 0.000000196. The van der Waals surface area contributed by atoms with Crippen LogP contribution in [0, 0.1) is 75.4 Å². The van der Waals surface area contributed by atoms with Crippen LogP contribution in [0.5, 0.6) is 0 Å². The van der Waals surface area contributed by atoms with Gasteiger partial charge in [-0.3, -0.25) is 33.5 Å². The fourth-order valence-electron chi connectivity index (χ4n) is 16.5. The van der Waals surface area contributed by atoms with E-state index in [2.05, 4.69) is 71.4 Å². The predicted molar refractivity (Wildman–Crippen MR) is 472 cm³/mol. The van der Waals surface area contributed by atoms with Crippen molar-refractivity contribution < 1.29 is 176 Å². The van der Waals surface area contributed by atoms with Crippen LogP contribution in [0.15, 0.2) is 109 Å². The van der Waals surface area contributed by atoms with Crippen molar-refractivity contribution in [2.75, 3.05) is 132 Å². The Kier molecular flexibility index (Phi) is 36.0. The molecule has 42 heteroatoms. The van der Waals surface area contributed by atoms with Crippen molar-refractivity contribution in [3.05, 3.63) is 169 Å². The number of hydrogen-bond acceptors (Lipinski definition) is 31. The summed E-state index contributed by atoms with van der Waals surface area (Å²) in [6.07, 6.45) is 17.8. The normalized spacial score (nSPS) is 17.0. The second-order valence-electron chi connectivity index (χ2n) is 36.8. The zero-order chi connectivity index (χ0) is 92.8. The van der Waals surface area contributed by atoms with Crippen LogP contribution < -0.4 is 145 Å². The van der Waals surface area contributed by atoms with Gasteiger partial charge < -0.3 is 96.5 Å². The van der Waals surface area contributed by atoms with Gasteiger partial charge in [-0.2, -0.15) is 10.2 Å². The van der Waals surface area contributed by atoms with E-state index >= 15 is 0 Å². The second kappa shape index (κ2) is 44.9. The number of nitrogens with one attached hydrogen (secondary N) is 2. The molecule has 17 heterocycles. The number of nitrogen functional groups attached to an aromatic ring is 1. The third-order valence-electron chi connectivity index (χ3n) is 23.3. The number of Topliss-reactive ketones (excluding diaryl/α,β-unsaturated/α-hetero) is 1. The average Bonchev–Trinajstić information content (AvgIpc) is 1.71. The molecule has 130 heavy (non-hydrogen) atoms. The first-order valence-electron chi connectivity index (χ1n) is 42.8. The Bertz CT molecular complexity index is 5480. The van der Waals surface area contributed by atoms with Crippen LogP contribution in [0.25, 0.3) is 28.1 Å². The van der Waals surface area contributed by atoms with E-state index in [1.165, 1.54) is 31.7 Å². The van der Waals surface area contributed by atoms with Gasteiger partial charge in [-0.1, -0.05) is 0 Å². The van der Waals surface area contributed by atoms with E-state index in [0.29, 0.717) is 33.7 Å². The number of carbonyl (C=O) groups is 6. The Morgan fingerprint density at radius 3 is 1.38 bits per heavy atom. The molecule has 0 unspecified atom stereocenters. The molecule has 0 aliphatic carbocycles. The number of aromatic nitrogens is 11. The first-order chi connectivity index (χ1) is 60.5. The van der Waals surface area contributed by atoms with Gasteiger partial charge >= 0.3 is 139 Å². The molecule has 8 aliphatic heterocycles. The number of nitrogens with two attached hydrogens (primary N) is 1. The van der Waals surface area contributed by atoms with Crippen LogP contribution >= 0.6 is 0 Å². The minimum Gasteiger partial charge on any atom is -1.00 e. The monoisotopic (exact) mass is 1850 g/mol. The number of rotatable bonds is 11. The van der Waals surface area contributed by atoms with Crippen LogP contribution in [0.2, 0.25) is 0 Å². The first kappa shape index (κ1) is 104. The molecule has 17 rings (SSSR count). The molecule has 9 aromatic rings. The maximum atomic E-state index is 13.0. The molecular formula is C88H117FK2N22O17. The number of hydrogen-bond donors (Lipinski definition) is 3. The Hall–Kier alpha value is -9.45. The molecule has 0 bridgehead atoms. The maximum Gasteiger partial charge on any atom is 1.00 e. The number of anilines is 4. The molecule has 8 aliphatic rings. The number of piperidine rings is 4.